The highest BCUT2D eigenvalue weighted by Gasteiger charge is 1.97. The van der Waals surface area contributed by atoms with Crippen LogP contribution in [0, 0.1) is 0 Å². The van der Waals surface area contributed by atoms with E-state index in [9.17, 15) is 0 Å². The molecule has 9 heavy (non-hydrogen) atoms. The number of allylic oxidation sites excluding steroid dienone is 2. The van der Waals surface area contributed by atoms with Crippen molar-refractivity contribution in [3.8, 4) is 0 Å². The molecular weight excluding hydrogens is 178 g/mol. The smallest absolute Gasteiger partial charge is 0.0593 e. The molecule has 0 unspecified atom stereocenters. The van der Waals surface area contributed by atoms with Crippen molar-refractivity contribution in [1.82, 2.24) is 0 Å². The van der Waals surface area contributed by atoms with Gasteiger partial charge < -0.3 is 0 Å². The fourth-order valence-electron chi connectivity index (χ4n) is 0.428. The van der Waals surface area contributed by atoms with E-state index in [-0.39, 0.29) is 0 Å². The largest absolute Gasteiger partial charge is 0.121 e. The maximum absolute atomic E-state index is 5.69. The van der Waals surface area contributed by atoms with Gasteiger partial charge in [0.15, 0.2) is 0 Å². The molecule has 0 aliphatic heterocycles. The lowest BCUT2D eigenvalue weighted by Gasteiger charge is -1.96. The first kappa shape index (κ1) is 9.61. The van der Waals surface area contributed by atoms with E-state index >= 15 is 0 Å². The number of hydrogen-bond acceptors (Lipinski definition) is 0. The van der Waals surface area contributed by atoms with E-state index in [0.29, 0.717) is 15.9 Å². The van der Waals surface area contributed by atoms with E-state index in [2.05, 4.69) is 0 Å². The summed E-state index contributed by atoms with van der Waals surface area (Å²) in [6.45, 7) is 2.04. The highest BCUT2D eigenvalue weighted by atomic mass is 35.5. The molecule has 0 aromatic rings. The van der Waals surface area contributed by atoms with Gasteiger partial charge in [-0.3, -0.25) is 0 Å². The predicted molar refractivity (Wildman–Crippen MR) is 44.4 cm³/mol. The summed E-state index contributed by atoms with van der Waals surface area (Å²) in [4.78, 5) is 0. The normalized spacial score (nSPS) is 13.3. The van der Waals surface area contributed by atoms with Crippen molar-refractivity contribution in [2.24, 2.45) is 0 Å². The molecule has 0 bridgehead atoms. The Labute approximate surface area is 70.8 Å². The van der Waals surface area contributed by atoms with Crippen molar-refractivity contribution in [2.75, 3.05) is 5.88 Å². The number of alkyl halides is 1. The molecular formula is C6H9Cl3. The molecule has 0 nitrogen and oxygen atoms in total. The van der Waals surface area contributed by atoms with Gasteiger partial charge >= 0.3 is 0 Å². The zero-order chi connectivity index (χ0) is 7.28. The third kappa shape index (κ3) is 4.07. The van der Waals surface area contributed by atoms with Crippen LogP contribution in [0.15, 0.2) is 10.1 Å². The van der Waals surface area contributed by atoms with Gasteiger partial charge in [0.25, 0.3) is 0 Å². The van der Waals surface area contributed by atoms with Crippen LogP contribution < -0.4 is 0 Å². The average Bonchev–Trinajstić information content (AvgIpc) is 1.87. The number of halogens is 3. The van der Waals surface area contributed by atoms with Crippen LogP contribution in [0.1, 0.15) is 19.8 Å². The summed E-state index contributed by atoms with van der Waals surface area (Å²) >= 11 is 16.7. The molecule has 0 aliphatic rings. The maximum Gasteiger partial charge on any atom is 0.0593 e. The van der Waals surface area contributed by atoms with Crippen molar-refractivity contribution in [3.05, 3.63) is 10.1 Å². The van der Waals surface area contributed by atoms with Crippen molar-refractivity contribution >= 4 is 34.8 Å². The summed E-state index contributed by atoms with van der Waals surface area (Å²) in [7, 11) is 0. The van der Waals surface area contributed by atoms with Gasteiger partial charge in [-0.15, -0.1) is 11.6 Å². The van der Waals surface area contributed by atoms with Gasteiger partial charge in [-0.25, -0.2) is 0 Å². The second-order valence-electron chi connectivity index (χ2n) is 1.69. The summed E-state index contributed by atoms with van der Waals surface area (Å²) in [5, 5.41) is 1.26. The zero-order valence-corrected chi connectivity index (χ0v) is 7.52. The minimum absolute atomic E-state index is 0.320. The van der Waals surface area contributed by atoms with Crippen molar-refractivity contribution < 1.29 is 0 Å². The Hall–Kier alpha value is 0.610. The molecule has 0 radical (unpaired) electrons. The van der Waals surface area contributed by atoms with Gasteiger partial charge in [-0.1, -0.05) is 36.5 Å². The highest BCUT2D eigenvalue weighted by molar-refractivity contribution is 6.42. The lowest BCUT2D eigenvalue weighted by atomic mass is 10.3. The van der Waals surface area contributed by atoms with Crippen LogP contribution in [0.5, 0.6) is 0 Å². The summed E-state index contributed by atoms with van der Waals surface area (Å²) in [6.07, 6.45) is 1.83. The summed E-state index contributed by atoms with van der Waals surface area (Å²) in [6, 6.07) is 0. The molecule has 0 aromatic carbocycles. The van der Waals surface area contributed by atoms with Gasteiger partial charge in [-0.05, 0) is 6.42 Å². The SMILES string of the molecule is CCC/C(Cl)=C(\Cl)CCl. The predicted octanol–water partition coefficient (Wildman–Crippen LogP) is 3.71. The Morgan fingerprint density at radius 2 is 1.78 bits per heavy atom. The lowest BCUT2D eigenvalue weighted by Crippen LogP contribution is -1.79. The Balaban J connectivity index is 3.78. The summed E-state index contributed by atoms with van der Waals surface area (Å²) in [5.41, 5.74) is 0. The third-order valence-electron chi connectivity index (χ3n) is 0.881. The van der Waals surface area contributed by atoms with E-state index in [0.717, 1.165) is 12.8 Å². The zero-order valence-electron chi connectivity index (χ0n) is 5.26. The molecule has 0 amide bonds. The van der Waals surface area contributed by atoms with Crippen LogP contribution in [-0.2, 0) is 0 Å². The van der Waals surface area contributed by atoms with Gasteiger partial charge in [-0.2, -0.15) is 0 Å². The van der Waals surface area contributed by atoms with E-state index in [1.807, 2.05) is 6.92 Å². The second kappa shape index (κ2) is 5.40. The fraction of sp³-hybridized carbons (Fsp3) is 0.667. The first-order chi connectivity index (χ1) is 4.22. The molecule has 0 aliphatic carbocycles. The lowest BCUT2D eigenvalue weighted by molar-refractivity contribution is 0.941. The first-order valence-electron chi connectivity index (χ1n) is 2.81. The van der Waals surface area contributed by atoms with E-state index in [4.69, 9.17) is 34.8 Å². The van der Waals surface area contributed by atoms with E-state index in [1.165, 1.54) is 0 Å². The molecule has 0 saturated carbocycles. The molecule has 3 heteroatoms. The number of rotatable bonds is 3. The van der Waals surface area contributed by atoms with Crippen LogP contribution in [0.25, 0.3) is 0 Å². The molecule has 0 aromatic heterocycles. The Kier molecular flexibility index (Phi) is 5.77. The molecule has 0 rings (SSSR count). The van der Waals surface area contributed by atoms with E-state index < -0.39 is 0 Å². The monoisotopic (exact) mass is 186 g/mol. The van der Waals surface area contributed by atoms with Crippen LogP contribution in [0.2, 0.25) is 0 Å². The van der Waals surface area contributed by atoms with Crippen LogP contribution in [0.3, 0.4) is 0 Å². The van der Waals surface area contributed by atoms with Crippen LogP contribution in [0.4, 0.5) is 0 Å². The second-order valence-corrected chi connectivity index (χ2v) is 2.87. The first-order valence-corrected chi connectivity index (χ1v) is 4.10. The molecule has 0 saturated heterocycles. The molecule has 0 atom stereocenters. The van der Waals surface area contributed by atoms with Gasteiger partial charge in [0, 0.05) is 10.1 Å². The van der Waals surface area contributed by atoms with Gasteiger partial charge in [0.2, 0.25) is 0 Å². The number of hydrogen-bond donors (Lipinski definition) is 0. The fourth-order valence-corrected chi connectivity index (χ4v) is 1.01. The molecule has 54 valence electrons. The Bertz CT molecular complexity index is 107. The van der Waals surface area contributed by atoms with Crippen molar-refractivity contribution in [2.45, 2.75) is 19.8 Å². The third-order valence-corrected chi connectivity index (χ3v) is 2.16. The van der Waals surface area contributed by atoms with Crippen LogP contribution in [-0.4, -0.2) is 5.88 Å². The maximum atomic E-state index is 5.69. The average molecular weight is 187 g/mol. The molecule has 0 N–H and O–H groups in total. The van der Waals surface area contributed by atoms with Gasteiger partial charge in [0.05, 0.1) is 5.88 Å². The minimum Gasteiger partial charge on any atom is -0.121 e. The quantitative estimate of drug-likeness (QED) is 0.591. The standard InChI is InChI=1S/C6H9Cl3/c1-2-3-5(8)6(9)4-7/h2-4H2,1H3/b6-5+. The Morgan fingerprint density at radius 3 is 2.11 bits per heavy atom. The Morgan fingerprint density at radius 1 is 1.22 bits per heavy atom. The van der Waals surface area contributed by atoms with Crippen molar-refractivity contribution in [1.29, 1.82) is 0 Å². The summed E-state index contributed by atoms with van der Waals surface area (Å²) in [5.74, 6) is 0.320. The molecule has 0 heterocycles. The van der Waals surface area contributed by atoms with Crippen LogP contribution >= 0.6 is 34.8 Å². The summed E-state index contributed by atoms with van der Waals surface area (Å²) < 4.78 is 0. The van der Waals surface area contributed by atoms with E-state index in [1.54, 1.807) is 0 Å². The van der Waals surface area contributed by atoms with Crippen molar-refractivity contribution in [3.63, 3.8) is 0 Å². The highest BCUT2D eigenvalue weighted by Crippen LogP contribution is 2.19. The molecule has 0 spiro atoms. The molecule has 0 fully saturated rings. The minimum atomic E-state index is 0.320. The van der Waals surface area contributed by atoms with Gasteiger partial charge in [0.1, 0.15) is 0 Å². The topological polar surface area (TPSA) is 0 Å².